The third kappa shape index (κ3) is 3.43. The molecule has 1 heterocycles. The van der Waals surface area contributed by atoms with E-state index in [0.29, 0.717) is 21.3 Å². The number of nitrogens with one attached hydrogen (secondary N) is 1. The first-order valence-electron chi connectivity index (χ1n) is 6.57. The molecule has 116 valence electrons. The number of anilines is 2. The molecule has 0 radical (unpaired) electrons. The predicted octanol–water partition coefficient (Wildman–Crippen LogP) is 2.56. The minimum Gasteiger partial charge on any atom is -0.465 e. The van der Waals surface area contributed by atoms with Gasteiger partial charge in [0.05, 0.1) is 12.8 Å². The number of carbonyl (C=O) groups is 2. The normalized spacial score (nSPS) is 10.2. The summed E-state index contributed by atoms with van der Waals surface area (Å²) in [7, 11) is 5.13. The molecule has 7 heteroatoms. The van der Waals surface area contributed by atoms with Crippen LogP contribution in [0, 0.1) is 6.92 Å². The summed E-state index contributed by atoms with van der Waals surface area (Å²) in [6, 6.07) is 7.25. The Labute approximate surface area is 132 Å². The zero-order chi connectivity index (χ0) is 16.3. The van der Waals surface area contributed by atoms with Gasteiger partial charge in [-0.15, -0.1) is 0 Å². The van der Waals surface area contributed by atoms with E-state index >= 15 is 0 Å². The minimum absolute atomic E-state index is 0.270. The summed E-state index contributed by atoms with van der Waals surface area (Å²) in [6.07, 6.45) is 0. The van der Waals surface area contributed by atoms with E-state index in [1.807, 2.05) is 31.1 Å². The van der Waals surface area contributed by atoms with Crippen molar-refractivity contribution in [3.8, 4) is 0 Å². The van der Waals surface area contributed by atoms with Crippen LogP contribution in [-0.4, -0.2) is 38.1 Å². The number of nitrogens with zero attached hydrogens (tertiary/aromatic N) is 2. The van der Waals surface area contributed by atoms with Gasteiger partial charge in [-0.05, 0) is 25.1 Å². The Hall–Kier alpha value is -2.41. The number of methoxy groups -OCH3 is 1. The minimum atomic E-state index is -0.454. The third-order valence-electron chi connectivity index (χ3n) is 3.01. The van der Waals surface area contributed by atoms with Gasteiger partial charge in [0.15, 0.2) is 5.13 Å². The van der Waals surface area contributed by atoms with Crippen LogP contribution in [0.1, 0.15) is 25.7 Å². The maximum atomic E-state index is 12.3. The van der Waals surface area contributed by atoms with E-state index in [2.05, 4.69) is 15.0 Å². The Balaban J connectivity index is 2.19. The second-order valence-electron chi connectivity index (χ2n) is 4.82. The molecular weight excluding hydrogens is 302 g/mol. The van der Waals surface area contributed by atoms with E-state index in [1.54, 1.807) is 19.1 Å². The maximum absolute atomic E-state index is 12.3. The smallest absolute Gasteiger partial charge is 0.350 e. The monoisotopic (exact) mass is 319 g/mol. The van der Waals surface area contributed by atoms with Crippen molar-refractivity contribution in [3.63, 3.8) is 0 Å². The molecular formula is C15H17N3O3S. The van der Waals surface area contributed by atoms with Crippen molar-refractivity contribution in [2.45, 2.75) is 6.92 Å². The Morgan fingerprint density at radius 1 is 1.32 bits per heavy atom. The van der Waals surface area contributed by atoms with Gasteiger partial charge in [-0.2, -0.15) is 0 Å². The summed E-state index contributed by atoms with van der Waals surface area (Å²) in [4.78, 5) is 30.3. The van der Waals surface area contributed by atoms with Gasteiger partial charge in [-0.1, -0.05) is 17.4 Å². The lowest BCUT2D eigenvalue weighted by Gasteiger charge is -2.13. The number of carbonyl (C=O) groups excluding carboxylic acids is 2. The molecule has 0 aliphatic rings. The molecule has 1 N–H and O–H groups in total. The number of amides is 1. The van der Waals surface area contributed by atoms with Crippen LogP contribution in [0.2, 0.25) is 0 Å². The van der Waals surface area contributed by atoms with Gasteiger partial charge in [-0.25, -0.2) is 9.78 Å². The van der Waals surface area contributed by atoms with E-state index in [-0.39, 0.29) is 5.91 Å². The van der Waals surface area contributed by atoms with Crippen molar-refractivity contribution in [1.29, 1.82) is 0 Å². The SMILES string of the molecule is COC(=O)c1sc(NC(=O)c2cccc(N(C)C)c2)nc1C. The van der Waals surface area contributed by atoms with Crippen molar-refractivity contribution < 1.29 is 14.3 Å². The molecule has 0 spiro atoms. The number of rotatable bonds is 4. The number of hydrogen-bond acceptors (Lipinski definition) is 6. The molecule has 0 bridgehead atoms. The van der Waals surface area contributed by atoms with Crippen molar-refractivity contribution in [1.82, 2.24) is 4.98 Å². The summed E-state index contributed by atoms with van der Waals surface area (Å²) < 4.78 is 4.68. The van der Waals surface area contributed by atoms with Crippen LogP contribution in [0.25, 0.3) is 0 Å². The number of thiazole rings is 1. The lowest BCUT2D eigenvalue weighted by atomic mass is 10.2. The lowest BCUT2D eigenvalue weighted by Crippen LogP contribution is -2.14. The van der Waals surface area contributed by atoms with Gasteiger partial charge < -0.3 is 9.64 Å². The fourth-order valence-corrected chi connectivity index (χ4v) is 2.71. The fraction of sp³-hybridized carbons (Fsp3) is 0.267. The Kier molecular flexibility index (Phi) is 4.77. The van der Waals surface area contributed by atoms with Gasteiger partial charge in [0.1, 0.15) is 4.88 Å². The van der Waals surface area contributed by atoms with E-state index in [4.69, 9.17) is 0 Å². The molecule has 22 heavy (non-hydrogen) atoms. The molecule has 1 aromatic heterocycles. The number of aryl methyl sites for hydroxylation is 1. The van der Waals surface area contributed by atoms with Crippen LogP contribution in [0.5, 0.6) is 0 Å². The van der Waals surface area contributed by atoms with Crippen LogP contribution >= 0.6 is 11.3 Å². The Morgan fingerprint density at radius 2 is 2.05 bits per heavy atom. The summed E-state index contributed by atoms with van der Waals surface area (Å²) in [5.74, 6) is -0.723. The molecule has 0 saturated heterocycles. The molecule has 2 rings (SSSR count). The Morgan fingerprint density at radius 3 is 2.68 bits per heavy atom. The quantitative estimate of drug-likeness (QED) is 0.877. The van der Waals surface area contributed by atoms with Gasteiger partial charge in [0.25, 0.3) is 5.91 Å². The highest BCUT2D eigenvalue weighted by Crippen LogP contribution is 2.24. The maximum Gasteiger partial charge on any atom is 0.350 e. The van der Waals surface area contributed by atoms with Crippen LogP contribution in [0.3, 0.4) is 0 Å². The van der Waals surface area contributed by atoms with Crippen molar-refractivity contribution in [2.24, 2.45) is 0 Å². The second-order valence-corrected chi connectivity index (χ2v) is 5.82. The van der Waals surface area contributed by atoms with Crippen molar-refractivity contribution in [2.75, 3.05) is 31.4 Å². The standard InChI is InChI=1S/C15H17N3O3S/c1-9-12(14(20)21-4)22-15(16-9)17-13(19)10-6-5-7-11(8-10)18(2)3/h5-8H,1-4H3,(H,16,17,19). The van der Waals surface area contributed by atoms with Gasteiger partial charge in [-0.3, -0.25) is 10.1 Å². The van der Waals surface area contributed by atoms with Crippen LogP contribution < -0.4 is 10.2 Å². The first-order valence-corrected chi connectivity index (χ1v) is 7.38. The number of esters is 1. The van der Waals surface area contributed by atoms with Crippen LogP contribution in [0.15, 0.2) is 24.3 Å². The number of aromatic nitrogens is 1. The second kappa shape index (κ2) is 6.57. The highest BCUT2D eigenvalue weighted by Gasteiger charge is 2.17. The first-order chi connectivity index (χ1) is 10.4. The van der Waals surface area contributed by atoms with Gasteiger partial charge >= 0.3 is 5.97 Å². The van der Waals surface area contributed by atoms with E-state index in [1.165, 1.54) is 7.11 Å². The number of benzene rings is 1. The molecule has 1 amide bonds. The third-order valence-corrected chi connectivity index (χ3v) is 4.07. The number of ether oxygens (including phenoxy) is 1. The summed E-state index contributed by atoms with van der Waals surface area (Å²) in [6.45, 7) is 1.70. The molecule has 0 aliphatic carbocycles. The van der Waals surface area contributed by atoms with Crippen molar-refractivity contribution >= 4 is 34.0 Å². The molecule has 1 aromatic carbocycles. The molecule has 2 aromatic rings. The zero-order valence-corrected chi connectivity index (χ0v) is 13.7. The van der Waals surface area contributed by atoms with Crippen molar-refractivity contribution in [3.05, 3.63) is 40.4 Å². The Bertz CT molecular complexity index is 710. The summed E-state index contributed by atoms with van der Waals surface area (Å²) in [5, 5.41) is 3.08. The molecule has 0 aliphatic heterocycles. The number of hydrogen-bond donors (Lipinski definition) is 1. The first kappa shape index (κ1) is 16.0. The zero-order valence-electron chi connectivity index (χ0n) is 12.8. The molecule has 0 fully saturated rings. The van der Waals surface area contributed by atoms with E-state index < -0.39 is 5.97 Å². The fourth-order valence-electron chi connectivity index (χ4n) is 1.83. The van der Waals surface area contributed by atoms with Crippen LogP contribution in [-0.2, 0) is 4.74 Å². The molecule has 0 saturated carbocycles. The summed E-state index contributed by atoms with van der Waals surface area (Å²) >= 11 is 1.10. The highest BCUT2D eigenvalue weighted by atomic mass is 32.1. The predicted molar refractivity (Wildman–Crippen MR) is 86.9 cm³/mol. The average molecular weight is 319 g/mol. The highest BCUT2D eigenvalue weighted by molar-refractivity contribution is 7.17. The van der Waals surface area contributed by atoms with E-state index in [9.17, 15) is 9.59 Å². The molecule has 6 nitrogen and oxygen atoms in total. The average Bonchev–Trinajstić information content (AvgIpc) is 2.87. The topological polar surface area (TPSA) is 71.5 Å². The van der Waals surface area contributed by atoms with Gasteiger partial charge in [0.2, 0.25) is 0 Å². The largest absolute Gasteiger partial charge is 0.465 e. The lowest BCUT2D eigenvalue weighted by molar-refractivity contribution is 0.0605. The van der Waals surface area contributed by atoms with E-state index in [0.717, 1.165) is 17.0 Å². The van der Waals surface area contributed by atoms with Crippen LogP contribution in [0.4, 0.5) is 10.8 Å². The van der Waals surface area contributed by atoms with Gasteiger partial charge in [0, 0.05) is 25.3 Å². The summed E-state index contributed by atoms with van der Waals surface area (Å²) in [5.41, 5.74) is 1.99. The molecule has 0 atom stereocenters. The molecule has 0 unspecified atom stereocenters.